The molecule has 1 spiro atoms. The second kappa shape index (κ2) is 13.0. The van der Waals surface area contributed by atoms with Crippen LogP contribution in [-0.2, 0) is 5.41 Å². The Morgan fingerprint density at radius 3 is 1.57 bits per heavy atom. The smallest absolute Gasteiger partial charge is 0.0726 e. The number of nitrogens with zero attached hydrogens (tertiary/aromatic N) is 2. The van der Waals surface area contributed by atoms with Crippen molar-refractivity contribution in [2.24, 2.45) is 0 Å². The number of para-hydroxylation sites is 2. The van der Waals surface area contributed by atoms with E-state index < -0.39 is 5.41 Å². The summed E-state index contributed by atoms with van der Waals surface area (Å²) >= 11 is 0. The molecule has 13 rings (SSSR count). The van der Waals surface area contributed by atoms with Gasteiger partial charge in [-0.2, -0.15) is 0 Å². The number of benzene rings is 10. The lowest BCUT2D eigenvalue weighted by atomic mass is 9.70. The summed E-state index contributed by atoms with van der Waals surface area (Å²) < 4.78 is 2.42. The standard InChI is InChI=1S/C59H38N2/c1-3-18-40(19-4-1)50-37-58-51(49-26-12-16-30-56(49)61(58)42-21-5-2-6-22-42)38-57(50)60(43-32-31-39-17-7-8-20-41(39)35-43)44-33-34-48-47-25-11-15-29-54(47)59(55(48)36-44)52-27-13-9-23-45(52)46-24-10-14-28-53(46)59/h1-38H. The maximum atomic E-state index is 2.52. The average Bonchev–Trinajstić information content (AvgIpc) is 3.93. The molecule has 0 bridgehead atoms. The van der Waals surface area contributed by atoms with Crippen molar-refractivity contribution in [3.05, 3.63) is 253 Å². The average molecular weight is 775 g/mol. The van der Waals surface area contributed by atoms with E-state index in [0.29, 0.717) is 0 Å². The molecule has 2 aliphatic rings. The van der Waals surface area contributed by atoms with E-state index in [1.54, 1.807) is 0 Å². The molecule has 11 aromatic rings. The summed E-state index contributed by atoms with van der Waals surface area (Å²) in [6.07, 6.45) is 0. The minimum Gasteiger partial charge on any atom is -0.310 e. The highest BCUT2D eigenvalue weighted by molar-refractivity contribution is 6.13. The largest absolute Gasteiger partial charge is 0.310 e. The van der Waals surface area contributed by atoms with E-state index in [2.05, 4.69) is 240 Å². The van der Waals surface area contributed by atoms with Crippen LogP contribution in [0, 0.1) is 0 Å². The van der Waals surface area contributed by atoms with E-state index in [1.807, 2.05) is 0 Å². The van der Waals surface area contributed by atoms with Gasteiger partial charge in [0.05, 0.1) is 22.1 Å². The van der Waals surface area contributed by atoms with Crippen LogP contribution >= 0.6 is 0 Å². The van der Waals surface area contributed by atoms with Gasteiger partial charge < -0.3 is 9.47 Å². The number of hydrogen-bond donors (Lipinski definition) is 0. The summed E-state index contributed by atoms with van der Waals surface area (Å²) in [5, 5.41) is 4.86. The minimum absolute atomic E-state index is 0.459. The molecule has 0 atom stereocenters. The fraction of sp³-hybridized carbons (Fsp3) is 0.0169. The van der Waals surface area contributed by atoms with E-state index >= 15 is 0 Å². The SMILES string of the molecule is c1ccc(-c2cc3c(cc2N(c2ccc4c(c2)C2(c5ccccc5-c5ccccc52)c2ccccc2-4)c2ccc4ccccc4c2)c2ccccc2n3-c2ccccc2)cc1. The van der Waals surface area contributed by atoms with Gasteiger partial charge in [0.2, 0.25) is 0 Å². The highest BCUT2D eigenvalue weighted by Gasteiger charge is 2.51. The van der Waals surface area contributed by atoms with Crippen LogP contribution in [0.3, 0.4) is 0 Å². The Bertz CT molecular complexity index is 3480. The zero-order valence-electron chi connectivity index (χ0n) is 33.3. The summed E-state index contributed by atoms with van der Waals surface area (Å²) in [7, 11) is 0. The van der Waals surface area contributed by atoms with Crippen molar-refractivity contribution in [2.75, 3.05) is 4.90 Å². The Morgan fingerprint density at radius 1 is 0.328 bits per heavy atom. The maximum absolute atomic E-state index is 2.52. The molecule has 0 fully saturated rings. The Hall–Kier alpha value is -7.94. The monoisotopic (exact) mass is 774 g/mol. The normalized spacial score (nSPS) is 13.0. The van der Waals surface area contributed by atoms with Crippen molar-refractivity contribution in [3.63, 3.8) is 0 Å². The Kier molecular flexibility index (Phi) is 7.26. The maximum Gasteiger partial charge on any atom is 0.0726 e. The molecule has 10 aromatic carbocycles. The van der Waals surface area contributed by atoms with Gasteiger partial charge in [-0.1, -0.05) is 176 Å². The van der Waals surface area contributed by atoms with Gasteiger partial charge in [-0.25, -0.2) is 0 Å². The molecular weight excluding hydrogens is 737 g/mol. The first-order chi connectivity index (χ1) is 30.3. The lowest BCUT2D eigenvalue weighted by Crippen LogP contribution is -2.26. The highest BCUT2D eigenvalue weighted by atomic mass is 15.1. The van der Waals surface area contributed by atoms with Crippen molar-refractivity contribution in [3.8, 4) is 39.1 Å². The van der Waals surface area contributed by atoms with Gasteiger partial charge in [0.25, 0.3) is 0 Å². The number of fused-ring (bicyclic) bond motifs is 14. The third-order valence-electron chi connectivity index (χ3n) is 13.4. The summed E-state index contributed by atoms with van der Waals surface area (Å²) in [5.74, 6) is 0. The number of rotatable bonds is 5. The number of aromatic nitrogens is 1. The second-order valence-electron chi connectivity index (χ2n) is 16.4. The third kappa shape index (κ3) is 4.79. The topological polar surface area (TPSA) is 8.17 Å². The quantitative estimate of drug-likeness (QED) is 0.169. The summed E-state index contributed by atoms with van der Waals surface area (Å²) in [4.78, 5) is 2.52. The molecule has 1 heterocycles. The number of hydrogen-bond acceptors (Lipinski definition) is 1. The fourth-order valence-corrected chi connectivity index (χ4v) is 10.9. The van der Waals surface area contributed by atoms with Gasteiger partial charge in [-0.3, -0.25) is 0 Å². The van der Waals surface area contributed by atoms with Crippen LogP contribution in [0.2, 0.25) is 0 Å². The van der Waals surface area contributed by atoms with E-state index in [9.17, 15) is 0 Å². The van der Waals surface area contributed by atoms with Crippen molar-refractivity contribution >= 4 is 49.6 Å². The number of anilines is 3. The predicted octanol–water partition coefficient (Wildman–Crippen LogP) is 15.4. The Morgan fingerprint density at radius 2 is 0.869 bits per heavy atom. The molecule has 1 aromatic heterocycles. The fourth-order valence-electron chi connectivity index (χ4n) is 10.9. The van der Waals surface area contributed by atoms with Gasteiger partial charge in [-0.05, 0) is 115 Å². The predicted molar refractivity (Wildman–Crippen MR) is 255 cm³/mol. The lowest BCUT2D eigenvalue weighted by Gasteiger charge is -2.33. The molecule has 284 valence electrons. The zero-order chi connectivity index (χ0) is 40.1. The van der Waals surface area contributed by atoms with Gasteiger partial charge in [-0.15, -0.1) is 0 Å². The van der Waals surface area contributed by atoms with Crippen LogP contribution < -0.4 is 4.90 Å². The van der Waals surface area contributed by atoms with Crippen LogP contribution in [0.25, 0.3) is 71.6 Å². The molecule has 0 N–H and O–H groups in total. The molecule has 2 nitrogen and oxygen atoms in total. The summed E-state index contributed by atoms with van der Waals surface area (Å²) in [6.45, 7) is 0. The molecule has 61 heavy (non-hydrogen) atoms. The lowest BCUT2D eigenvalue weighted by molar-refractivity contribution is 0.793. The van der Waals surface area contributed by atoms with Gasteiger partial charge in [0.15, 0.2) is 0 Å². The molecule has 2 aliphatic carbocycles. The van der Waals surface area contributed by atoms with Crippen molar-refractivity contribution in [1.29, 1.82) is 0 Å². The van der Waals surface area contributed by atoms with E-state index in [0.717, 1.165) is 28.3 Å². The molecule has 0 amide bonds. The van der Waals surface area contributed by atoms with Crippen LogP contribution in [0.1, 0.15) is 22.3 Å². The molecule has 0 radical (unpaired) electrons. The summed E-state index contributed by atoms with van der Waals surface area (Å²) in [5.41, 5.74) is 19.3. The first-order valence-electron chi connectivity index (χ1n) is 21.2. The van der Waals surface area contributed by atoms with Crippen LogP contribution in [0.15, 0.2) is 231 Å². The van der Waals surface area contributed by atoms with E-state index in [1.165, 1.54) is 82.6 Å². The first-order valence-corrected chi connectivity index (χ1v) is 21.2. The molecule has 0 aliphatic heterocycles. The molecule has 0 saturated heterocycles. The molecule has 0 saturated carbocycles. The first kappa shape index (κ1) is 34.0. The van der Waals surface area contributed by atoms with Crippen molar-refractivity contribution in [2.45, 2.75) is 5.41 Å². The third-order valence-corrected chi connectivity index (χ3v) is 13.4. The molecule has 0 unspecified atom stereocenters. The van der Waals surface area contributed by atoms with Crippen LogP contribution in [0.4, 0.5) is 17.1 Å². The zero-order valence-corrected chi connectivity index (χ0v) is 33.3. The Labute approximate surface area is 354 Å². The summed E-state index contributed by atoms with van der Waals surface area (Å²) in [6, 6.07) is 85.5. The highest BCUT2D eigenvalue weighted by Crippen LogP contribution is 2.63. The van der Waals surface area contributed by atoms with E-state index in [4.69, 9.17) is 0 Å². The molecule has 2 heteroatoms. The van der Waals surface area contributed by atoms with Gasteiger partial charge in [0.1, 0.15) is 0 Å². The van der Waals surface area contributed by atoms with E-state index in [-0.39, 0.29) is 0 Å². The molecular formula is C59H38N2. The van der Waals surface area contributed by atoms with Crippen molar-refractivity contribution in [1.82, 2.24) is 4.57 Å². The van der Waals surface area contributed by atoms with Crippen LogP contribution in [-0.4, -0.2) is 4.57 Å². The Balaban J connectivity index is 1.14. The van der Waals surface area contributed by atoms with Crippen LogP contribution in [0.5, 0.6) is 0 Å². The minimum atomic E-state index is -0.459. The van der Waals surface area contributed by atoms with Gasteiger partial charge >= 0.3 is 0 Å². The second-order valence-corrected chi connectivity index (χ2v) is 16.4. The van der Waals surface area contributed by atoms with Crippen molar-refractivity contribution < 1.29 is 0 Å². The van der Waals surface area contributed by atoms with Gasteiger partial charge in [0, 0.05) is 33.4 Å².